The number of halogens is 3. The number of carboxylic acid groups (broad SMARTS) is 1. The molecule has 0 radical (unpaired) electrons. The Morgan fingerprint density at radius 3 is 2.14 bits per heavy atom. The van der Waals surface area contributed by atoms with Crippen molar-refractivity contribution >= 4 is 52.8 Å². The van der Waals surface area contributed by atoms with Crippen LogP contribution in [-0.4, -0.2) is 68.1 Å². The Kier molecular flexibility index (Phi) is 6.39. The van der Waals surface area contributed by atoms with E-state index in [4.69, 9.17) is 49.0 Å². The molecule has 2 aliphatic heterocycles. The van der Waals surface area contributed by atoms with Crippen LogP contribution in [0.1, 0.15) is 34.6 Å². The van der Waals surface area contributed by atoms with Gasteiger partial charge in [-0.25, -0.2) is 4.79 Å². The lowest BCUT2D eigenvalue weighted by Crippen LogP contribution is -2.67. The first-order chi connectivity index (χ1) is 12.5. The van der Waals surface area contributed by atoms with Crippen molar-refractivity contribution in [2.75, 3.05) is 6.54 Å². The molecule has 160 valence electrons. The Morgan fingerprint density at radius 2 is 1.68 bits per heavy atom. The number of alkyl halides is 3. The van der Waals surface area contributed by atoms with Gasteiger partial charge in [-0.3, -0.25) is 14.5 Å². The molecule has 2 heterocycles. The fourth-order valence-electron chi connectivity index (χ4n) is 3.08. The summed E-state index contributed by atoms with van der Waals surface area (Å²) in [6, 6.07) is 0. The van der Waals surface area contributed by atoms with E-state index < -0.39 is 57.4 Å². The topological polar surface area (TPSA) is 114 Å². The second-order valence-electron chi connectivity index (χ2n) is 8.06. The van der Waals surface area contributed by atoms with Crippen molar-refractivity contribution in [1.29, 1.82) is 0 Å². The number of carbonyl (C=O) groups is 3. The third kappa shape index (κ3) is 5.33. The molecule has 0 unspecified atom stereocenters. The van der Waals surface area contributed by atoms with Crippen molar-refractivity contribution in [2.45, 2.75) is 68.2 Å². The van der Waals surface area contributed by atoms with E-state index in [1.54, 1.807) is 34.6 Å². The van der Waals surface area contributed by atoms with E-state index in [2.05, 4.69) is 5.32 Å². The van der Waals surface area contributed by atoms with Crippen molar-refractivity contribution in [3.05, 3.63) is 0 Å². The zero-order valence-corrected chi connectivity index (χ0v) is 18.3. The average Bonchev–Trinajstić information content (AvgIpc) is 2.79. The van der Waals surface area contributed by atoms with Gasteiger partial charge in [0.05, 0.1) is 0 Å². The first-order valence-electron chi connectivity index (χ1n) is 8.47. The molecule has 4 atom stereocenters. The van der Waals surface area contributed by atoms with Crippen molar-refractivity contribution in [2.24, 2.45) is 5.92 Å². The number of hydrogen-bond acceptors (Lipinski definition) is 6. The van der Waals surface area contributed by atoms with Gasteiger partial charge in [0.1, 0.15) is 29.9 Å². The van der Waals surface area contributed by atoms with Crippen LogP contribution < -0.4 is 5.32 Å². The van der Waals surface area contributed by atoms with E-state index in [0.29, 0.717) is 0 Å². The molecular weight excluding hydrogens is 439 g/mol. The molecule has 12 heteroatoms. The predicted octanol–water partition coefficient (Wildman–Crippen LogP) is 2.27. The molecule has 0 aromatic carbocycles. The van der Waals surface area contributed by atoms with Gasteiger partial charge in [-0.15, -0.1) is 0 Å². The first kappa shape index (κ1) is 23.3. The third-order valence-corrected chi connectivity index (χ3v) is 4.60. The smallest absolute Gasteiger partial charge is 0.412 e. The third-order valence-electron chi connectivity index (χ3n) is 4.08. The van der Waals surface area contributed by atoms with Crippen LogP contribution in [0.3, 0.4) is 0 Å². The maximum Gasteiger partial charge on any atom is 0.412 e. The minimum absolute atomic E-state index is 0.296. The van der Waals surface area contributed by atoms with Crippen molar-refractivity contribution in [1.82, 2.24) is 10.2 Å². The summed E-state index contributed by atoms with van der Waals surface area (Å²) in [5.41, 5.74) is -0.858. The summed E-state index contributed by atoms with van der Waals surface area (Å²) in [6.07, 6.45) is -3.97. The largest absolute Gasteiger partial charge is 0.481 e. The molecule has 2 saturated heterocycles. The fourth-order valence-corrected chi connectivity index (χ4v) is 3.25. The van der Waals surface area contributed by atoms with Crippen molar-refractivity contribution in [3.63, 3.8) is 0 Å². The molecule has 2 N–H and O–H groups in total. The van der Waals surface area contributed by atoms with Gasteiger partial charge in [-0.1, -0.05) is 34.8 Å². The average molecular weight is 462 g/mol. The van der Waals surface area contributed by atoms with E-state index in [0.717, 1.165) is 4.90 Å². The molecule has 2 amide bonds. The highest BCUT2D eigenvalue weighted by atomic mass is 35.6. The van der Waals surface area contributed by atoms with Gasteiger partial charge in [-0.05, 0) is 34.6 Å². The fraction of sp³-hybridized carbons (Fsp3) is 0.812. The van der Waals surface area contributed by atoms with Crippen LogP contribution in [0.4, 0.5) is 4.79 Å². The maximum absolute atomic E-state index is 12.7. The normalized spacial score (nSPS) is 29.8. The van der Waals surface area contributed by atoms with Crippen LogP contribution >= 0.6 is 34.8 Å². The standard InChI is InChI=1S/C16H23Cl3N2O7/c1-14(2,3)28-13(25)21-6-7(11(22)23)8-9(27-15(4,5)26-8)10(21)20-12(24)16(17,18)19/h7-10H,6H2,1-5H3,(H,20,24)(H,22,23)/t7-,8-,9-,10-/m0/s1. The van der Waals surface area contributed by atoms with E-state index in [1.807, 2.05) is 0 Å². The molecule has 0 spiro atoms. The van der Waals surface area contributed by atoms with Crippen LogP contribution in [-0.2, 0) is 23.8 Å². The Bertz CT molecular complexity index is 660. The molecule has 2 fully saturated rings. The number of carbonyl (C=O) groups excluding carboxylic acids is 2. The summed E-state index contributed by atoms with van der Waals surface area (Å²) >= 11 is 16.9. The number of piperidine rings is 1. The van der Waals surface area contributed by atoms with Crippen LogP contribution in [0, 0.1) is 5.92 Å². The molecule has 0 aliphatic carbocycles. The van der Waals surface area contributed by atoms with Gasteiger partial charge in [0.2, 0.25) is 0 Å². The number of likely N-dealkylation sites (tertiary alicyclic amines) is 1. The summed E-state index contributed by atoms with van der Waals surface area (Å²) in [4.78, 5) is 37.8. The summed E-state index contributed by atoms with van der Waals surface area (Å²) in [7, 11) is 0. The second kappa shape index (κ2) is 7.68. The zero-order valence-electron chi connectivity index (χ0n) is 16.0. The molecule has 9 nitrogen and oxygen atoms in total. The van der Waals surface area contributed by atoms with Crippen LogP contribution in [0.5, 0.6) is 0 Å². The number of ether oxygens (including phenoxy) is 3. The number of aliphatic carboxylic acids is 1. The lowest BCUT2D eigenvalue weighted by molar-refractivity contribution is -0.159. The van der Waals surface area contributed by atoms with Gasteiger partial charge < -0.3 is 24.6 Å². The number of nitrogens with zero attached hydrogens (tertiary/aromatic N) is 1. The second-order valence-corrected chi connectivity index (χ2v) is 10.3. The zero-order chi connectivity index (χ0) is 21.7. The molecular formula is C16H23Cl3N2O7. The SMILES string of the molecule is CC(C)(C)OC(=O)N1C[C@H](C(=O)O)[C@@H]2OC(C)(C)O[C@@H]2[C@H]1NC(=O)C(Cl)(Cl)Cl. The van der Waals surface area contributed by atoms with Crippen LogP contribution in [0.2, 0.25) is 0 Å². The molecule has 0 bridgehead atoms. The maximum atomic E-state index is 12.7. The van der Waals surface area contributed by atoms with Crippen molar-refractivity contribution < 1.29 is 33.7 Å². The summed E-state index contributed by atoms with van der Waals surface area (Å²) < 4.78 is 14.6. The van der Waals surface area contributed by atoms with Gasteiger partial charge in [0.15, 0.2) is 5.79 Å². The van der Waals surface area contributed by atoms with Crippen LogP contribution in [0.25, 0.3) is 0 Å². The van der Waals surface area contributed by atoms with E-state index in [1.165, 1.54) is 0 Å². The Labute approximate surface area is 177 Å². The highest BCUT2D eigenvalue weighted by Gasteiger charge is 2.58. The molecule has 2 rings (SSSR count). The Morgan fingerprint density at radius 1 is 1.14 bits per heavy atom. The highest BCUT2D eigenvalue weighted by molar-refractivity contribution is 6.76. The summed E-state index contributed by atoms with van der Waals surface area (Å²) in [6.45, 7) is 7.85. The lowest BCUT2D eigenvalue weighted by Gasteiger charge is -2.44. The number of nitrogens with one attached hydrogen (secondary N) is 1. The minimum Gasteiger partial charge on any atom is -0.481 e. The minimum atomic E-state index is -2.30. The van der Waals surface area contributed by atoms with Gasteiger partial charge in [0.25, 0.3) is 9.70 Å². The quantitative estimate of drug-likeness (QED) is 0.606. The summed E-state index contributed by atoms with van der Waals surface area (Å²) in [5, 5.41) is 12.1. The van der Waals surface area contributed by atoms with E-state index >= 15 is 0 Å². The van der Waals surface area contributed by atoms with Crippen molar-refractivity contribution in [3.8, 4) is 0 Å². The monoisotopic (exact) mass is 460 g/mol. The van der Waals surface area contributed by atoms with Crippen LogP contribution in [0.15, 0.2) is 0 Å². The first-order valence-corrected chi connectivity index (χ1v) is 9.61. The molecule has 0 saturated carbocycles. The van der Waals surface area contributed by atoms with E-state index in [-0.39, 0.29) is 6.54 Å². The van der Waals surface area contributed by atoms with Gasteiger partial charge in [0, 0.05) is 6.54 Å². The molecule has 28 heavy (non-hydrogen) atoms. The molecule has 0 aromatic rings. The summed E-state index contributed by atoms with van der Waals surface area (Å²) in [5.74, 6) is -4.44. The predicted molar refractivity (Wildman–Crippen MR) is 100 cm³/mol. The number of fused-ring (bicyclic) bond motifs is 1. The lowest BCUT2D eigenvalue weighted by atomic mass is 9.90. The number of carboxylic acids is 1. The highest BCUT2D eigenvalue weighted by Crippen LogP contribution is 2.39. The Balaban J connectivity index is 2.42. The Hall–Kier alpha value is -1.000. The molecule has 0 aromatic heterocycles. The number of hydrogen-bond donors (Lipinski definition) is 2. The van der Waals surface area contributed by atoms with E-state index in [9.17, 15) is 19.5 Å². The van der Waals surface area contributed by atoms with Gasteiger partial charge in [-0.2, -0.15) is 0 Å². The molecule has 2 aliphatic rings. The van der Waals surface area contributed by atoms with Gasteiger partial charge >= 0.3 is 12.1 Å². The number of amides is 2. The number of rotatable bonds is 2.